The van der Waals surface area contributed by atoms with E-state index in [0.29, 0.717) is 25.4 Å². The monoisotopic (exact) mass is 538 g/mol. The minimum Gasteiger partial charge on any atom is -0.493 e. The van der Waals surface area contributed by atoms with Crippen LogP contribution in [0.25, 0.3) is 11.1 Å². The molecule has 1 saturated carbocycles. The molecule has 39 heavy (non-hydrogen) atoms. The van der Waals surface area contributed by atoms with E-state index in [4.69, 9.17) is 14.0 Å². The second-order valence-electron chi connectivity index (χ2n) is 9.96. The zero-order valence-electron chi connectivity index (χ0n) is 22.6. The molecule has 1 fully saturated rings. The number of hydrogen-bond acceptors (Lipinski definition) is 6. The zero-order valence-corrected chi connectivity index (χ0v) is 24.6. The first kappa shape index (κ1) is 29.0. The van der Waals surface area contributed by atoms with Crippen molar-refractivity contribution in [2.75, 3.05) is 6.61 Å². The van der Waals surface area contributed by atoms with E-state index in [1.807, 2.05) is 36.4 Å². The van der Waals surface area contributed by atoms with Crippen molar-refractivity contribution in [1.82, 2.24) is 9.72 Å². The van der Waals surface area contributed by atoms with E-state index in [-0.39, 0.29) is 36.1 Å². The van der Waals surface area contributed by atoms with Crippen LogP contribution < -0.4 is 55.5 Å². The summed E-state index contributed by atoms with van der Waals surface area (Å²) < 4.78 is 17.6. The Balaban J connectivity index is 0.00000353. The van der Waals surface area contributed by atoms with Crippen molar-refractivity contribution in [3.05, 3.63) is 104 Å². The van der Waals surface area contributed by atoms with Gasteiger partial charge in [-0.2, -0.15) is 0 Å². The molecule has 1 aliphatic carbocycles. The predicted molar refractivity (Wildman–Crippen MR) is 143 cm³/mol. The first-order valence-electron chi connectivity index (χ1n) is 12.8. The summed E-state index contributed by atoms with van der Waals surface area (Å²) in [4.78, 5) is 25.9. The Bertz CT molecular complexity index is 1530. The molecule has 0 unspecified atom stereocenters. The molecule has 0 aliphatic heterocycles. The predicted octanol–water partition coefficient (Wildman–Crippen LogP) is 1.36. The van der Waals surface area contributed by atoms with Crippen LogP contribution in [0, 0.1) is 13.8 Å². The number of benzene rings is 3. The van der Waals surface area contributed by atoms with Crippen LogP contribution in [0.4, 0.5) is 0 Å². The normalized spacial score (nSPS) is 13.8. The van der Waals surface area contributed by atoms with Crippen molar-refractivity contribution in [3.8, 4) is 22.6 Å². The molecule has 1 aromatic heterocycles. The third-order valence-electron chi connectivity index (χ3n) is 7.29. The van der Waals surface area contributed by atoms with Crippen LogP contribution in [-0.4, -0.2) is 22.1 Å². The second-order valence-corrected chi connectivity index (χ2v) is 9.96. The molecule has 0 radical (unpaired) electrons. The van der Waals surface area contributed by atoms with Gasteiger partial charge in [-0.3, -0.25) is 9.53 Å². The van der Waals surface area contributed by atoms with Gasteiger partial charge in [0.15, 0.2) is 5.69 Å². The van der Waals surface area contributed by atoms with Crippen LogP contribution in [0.2, 0.25) is 0 Å². The van der Waals surface area contributed by atoms with E-state index in [0.717, 1.165) is 63.1 Å². The molecule has 5 rings (SSSR count). The van der Waals surface area contributed by atoms with Crippen LogP contribution >= 0.6 is 0 Å². The second kappa shape index (κ2) is 12.4. The van der Waals surface area contributed by atoms with Crippen LogP contribution in [0.15, 0.2) is 74.8 Å². The van der Waals surface area contributed by atoms with Gasteiger partial charge in [0.05, 0.1) is 12.2 Å². The fraction of sp³-hybridized carbons (Fsp3) is 0.333. The summed E-state index contributed by atoms with van der Waals surface area (Å²) in [6, 6.07) is 19.6. The number of aliphatic hydroxyl groups is 1. The molecule has 9 heteroatoms. The molecule has 0 bridgehead atoms. The number of ether oxygens (including phenoxy) is 2. The minimum atomic E-state index is -0.897. The van der Waals surface area contributed by atoms with E-state index < -0.39 is 17.0 Å². The molecule has 4 aromatic rings. The molecule has 1 aliphatic rings. The largest absolute Gasteiger partial charge is 1.00 e. The third kappa shape index (κ3) is 6.94. The molecule has 3 aromatic carbocycles. The maximum absolute atomic E-state index is 11.6. The van der Waals surface area contributed by atoms with Gasteiger partial charge in [0.25, 0.3) is 0 Å². The maximum atomic E-state index is 11.6. The maximum Gasteiger partial charge on any atom is 1.00 e. The van der Waals surface area contributed by atoms with Gasteiger partial charge in [-0.25, -0.2) is 4.79 Å². The van der Waals surface area contributed by atoms with Gasteiger partial charge in [-0.15, -0.1) is 0 Å². The van der Waals surface area contributed by atoms with Crippen LogP contribution in [-0.2, 0) is 13.2 Å². The molecule has 0 amide bonds. The van der Waals surface area contributed by atoms with Crippen molar-refractivity contribution in [2.45, 2.75) is 58.3 Å². The number of hydrogen-bond donors (Lipinski definition) is 1. The van der Waals surface area contributed by atoms with Crippen molar-refractivity contribution in [2.24, 2.45) is 0 Å². The number of aromatic nitrogens is 2. The smallest absolute Gasteiger partial charge is 0.493 e. The third-order valence-corrected chi connectivity index (χ3v) is 7.29. The molecular formula is C30H31N2NaO6. The standard InChI is InChI=1S/C30H32N2O6.Na/c1-20-17-25(36-16-15-30(35)13-4-14-30)11-12-26(20)27-6-3-5-23(21(27)2)19-37-24-9-7-22(8-10-24)18-32-28(33)31-29(34)38-32;/h3,5-12,17,35H,4,13-16,18-19H2,1-2H3,(H,31,33,34);/q;+1/p-1. The first-order valence-corrected chi connectivity index (χ1v) is 12.8. The van der Waals surface area contributed by atoms with Gasteiger partial charge in [-0.05, 0) is 90.8 Å². The van der Waals surface area contributed by atoms with Gasteiger partial charge >= 0.3 is 35.3 Å². The average molecular weight is 539 g/mol. The summed E-state index contributed by atoms with van der Waals surface area (Å²) >= 11 is 0. The summed E-state index contributed by atoms with van der Waals surface area (Å²) in [6.45, 7) is 5.22. The van der Waals surface area contributed by atoms with Crippen molar-refractivity contribution in [3.63, 3.8) is 0 Å². The molecule has 0 saturated heterocycles. The summed E-state index contributed by atoms with van der Waals surface area (Å²) in [7, 11) is 0. The Morgan fingerprint density at radius 2 is 1.72 bits per heavy atom. The van der Waals surface area contributed by atoms with Crippen molar-refractivity contribution in [1.29, 1.82) is 0 Å². The van der Waals surface area contributed by atoms with Crippen molar-refractivity contribution >= 4 is 0 Å². The molecule has 1 N–H and O–H groups in total. The fourth-order valence-corrected chi connectivity index (χ4v) is 4.76. The van der Waals surface area contributed by atoms with E-state index in [1.54, 1.807) is 0 Å². The Labute approximate surface area is 248 Å². The van der Waals surface area contributed by atoms with E-state index in [1.165, 1.54) is 0 Å². The molecule has 0 spiro atoms. The Morgan fingerprint density at radius 3 is 2.36 bits per heavy atom. The van der Waals surface area contributed by atoms with Gasteiger partial charge in [0, 0.05) is 13.0 Å². The molecule has 1 heterocycles. The Hall–Kier alpha value is -3.04. The minimum absolute atomic E-state index is 0. The summed E-state index contributed by atoms with van der Waals surface area (Å²) in [5.41, 5.74) is 5.19. The van der Waals surface area contributed by atoms with Gasteiger partial charge in [0.2, 0.25) is 0 Å². The van der Waals surface area contributed by atoms with Crippen LogP contribution in [0.5, 0.6) is 11.5 Å². The summed E-state index contributed by atoms with van der Waals surface area (Å²) in [5.74, 6) is 0.611. The molecule has 0 atom stereocenters. The zero-order chi connectivity index (χ0) is 26.7. The van der Waals surface area contributed by atoms with Crippen LogP contribution in [0.1, 0.15) is 47.9 Å². The van der Waals surface area contributed by atoms with Gasteiger partial charge < -0.3 is 24.1 Å². The fourth-order valence-electron chi connectivity index (χ4n) is 4.76. The van der Waals surface area contributed by atoms with Gasteiger partial charge in [0.1, 0.15) is 18.1 Å². The molecule has 8 nitrogen and oxygen atoms in total. The number of rotatable bonds is 10. The number of nitrogens with zero attached hydrogens (tertiary/aromatic N) is 2. The Kier molecular flexibility index (Phi) is 9.23. The SMILES string of the molecule is Cc1cc(OCCC2(O)CCC2)ccc1-c1cccc(COc2ccc(Cn3oc(=O)[n-]c3=O)cc2)c1C.[Na+]. The van der Waals surface area contributed by atoms with E-state index >= 15 is 0 Å². The average Bonchev–Trinajstić information content (AvgIpc) is 3.20. The van der Waals surface area contributed by atoms with Crippen molar-refractivity contribution < 1.29 is 48.7 Å². The summed E-state index contributed by atoms with van der Waals surface area (Å²) in [5, 5.41) is 10.3. The number of aryl methyl sites for hydroxylation is 1. The first-order chi connectivity index (χ1) is 18.3. The summed E-state index contributed by atoms with van der Waals surface area (Å²) in [6.07, 6.45) is 3.51. The topological polar surface area (TPSA) is 105 Å². The van der Waals surface area contributed by atoms with E-state index in [9.17, 15) is 14.7 Å². The van der Waals surface area contributed by atoms with E-state index in [2.05, 4.69) is 43.1 Å². The van der Waals surface area contributed by atoms with Gasteiger partial charge in [-0.1, -0.05) is 36.4 Å². The Morgan fingerprint density at radius 1 is 0.974 bits per heavy atom. The molecular weight excluding hydrogens is 507 g/mol. The quantitative estimate of drug-likeness (QED) is 0.304. The molecule has 198 valence electrons. The van der Waals surface area contributed by atoms with Crippen LogP contribution in [0.3, 0.4) is 0 Å².